The van der Waals surface area contributed by atoms with Crippen molar-refractivity contribution in [2.24, 2.45) is 11.8 Å². The quantitative estimate of drug-likeness (QED) is 0.516. The van der Waals surface area contributed by atoms with Crippen LogP contribution in [0.25, 0.3) is 0 Å². The van der Waals surface area contributed by atoms with E-state index in [0.717, 1.165) is 6.42 Å². The van der Waals surface area contributed by atoms with Gasteiger partial charge in [0.05, 0.1) is 19.1 Å². The zero-order chi connectivity index (χ0) is 23.4. The van der Waals surface area contributed by atoms with E-state index in [1.807, 2.05) is 23.1 Å². The molecule has 1 aliphatic carbocycles. The van der Waals surface area contributed by atoms with Crippen molar-refractivity contribution in [1.82, 2.24) is 15.3 Å². The van der Waals surface area contributed by atoms with Gasteiger partial charge in [0, 0.05) is 44.4 Å². The fourth-order valence-corrected chi connectivity index (χ4v) is 5.34. The molecule has 3 amide bonds. The van der Waals surface area contributed by atoms with E-state index in [9.17, 15) is 19.6 Å². The number of likely N-dealkylation sites (tertiary alicyclic amines) is 1. The summed E-state index contributed by atoms with van der Waals surface area (Å²) in [5.74, 6) is -1.56. The normalized spacial score (nSPS) is 29.5. The second-order valence-corrected chi connectivity index (χ2v) is 9.32. The molecule has 1 saturated carbocycles. The van der Waals surface area contributed by atoms with Crippen LogP contribution in [-0.4, -0.2) is 78.4 Å². The van der Waals surface area contributed by atoms with Gasteiger partial charge in [0.1, 0.15) is 6.10 Å². The summed E-state index contributed by atoms with van der Waals surface area (Å²) < 4.78 is 10.7. The lowest BCUT2D eigenvalue weighted by molar-refractivity contribution is -0.147. The number of nitrogens with zero attached hydrogens (tertiary/aromatic N) is 2. The maximum Gasteiger partial charge on any atom is 0.410 e. The average molecular weight is 460 g/mol. The first-order valence-electron chi connectivity index (χ1n) is 11.8. The minimum atomic E-state index is -0.706. The lowest BCUT2D eigenvalue weighted by Crippen LogP contribution is -2.50. The standard InChI is InChI=1S/C24H33N3O6/c1-26(24(30)33-19-10-12-32-15-19)18-7-8-20(21(13-18)22(28)25-31)23(29)27-11-9-17(14-27)16-5-3-2-4-6-16/h2-6,17-21,31H,7-15H2,1H3,(H,25,28)/t17-,18?,19-,20-,21-/m0/s1. The smallest absolute Gasteiger partial charge is 0.410 e. The van der Waals surface area contributed by atoms with E-state index in [1.54, 1.807) is 12.5 Å². The van der Waals surface area contributed by atoms with Crippen LogP contribution < -0.4 is 5.48 Å². The minimum Gasteiger partial charge on any atom is -0.444 e. The monoisotopic (exact) mass is 459 g/mol. The number of hydrogen-bond acceptors (Lipinski definition) is 6. The number of benzene rings is 1. The molecule has 3 fully saturated rings. The molecule has 2 N–H and O–H groups in total. The van der Waals surface area contributed by atoms with Crippen molar-refractivity contribution in [1.29, 1.82) is 0 Å². The van der Waals surface area contributed by atoms with Crippen LogP contribution in [0.3, 0.4) is 0 Å². The molecule has 0 spiro atoms. The molecule has 180 valence electrons. The maximum absolute atomic E-state index is 13.4. The van der Waals surface area contributed by atoms with Gasteiger partial charge >= 0.3 is 6.09 Å². The molecule has 0 radical (unpaired) electrons. The third-order valence-corrected chi connectivity index (χ3v) is 7.35. The van der Waals surface area contributed by atoms with Crippen molar-refractivity contribution in [3.05, 3.63) is 35.9 Å². The van der Waals surface area contributed by atoms with Crippen molar-refractivity contribution in [2.75, 3.05) is 33.4 Å². The van der Waals surface area contributed by atoms with Gasteiger partial charge in [-0.2, -0.15) is 0 Å². The molecule has 0 bridgehead atoms. The molecule has 2 aliphatic heterocycles. The molecule has 1 aromatic rings. The largest absolute Gasteiger partial charge is 0.444 e. The van der Waals surface area contributed by atoms with Gasteiger partial charge in [0.15, 0.2) is 0 Å². The molecule has 0 aromatic heterocycles. The van der Waals surface area contributed by atoms with Crippen LogP contribution in [0.2, 0.25) is 0 Å². The van der Waals surface area contributed by atoms with Crippen LogP contribution in [-0.2, 0) is 19.1 Å². The Morgan fingerprint density at radius 1 is 1.12 bits per heavy atom. The van der Waals surface area contributed by atoms with Crippen molar-refractivity contribution >= 4 is 17.9 Å². The number of hydroxylamine groups is 1. The lowest BCUT2D eigenvalue weighted by Gasteiger charge is -2.39. The summed E-state index contributed by atoms with van der Waals surface area (Å²) >= 11 is 0. The van der Waals surface area contributed by atoms with Gasteiger partial charge < -0.3 is 19.3 Å². The van der Waals surface area contributed by atoms with Gasteiger partial charge in [-0.25, -0.2) is 10.3 Å². The minimum absolute atomic E-state index is 0.0474. The second kappa shape index (κ2) is 10.5. The zero-order valence-electron chi connectivity index (χ0n) is 19.0. The Labute approximate surface area is 194 Å². The lowest BCUT2D eigenvalue weighted by atomic mass is 9.75. The van der Waals surface area contributed by atoms with Gasteiger partial charge in [-0.15, -0.1) is 0 Å². The second-order valence-electron chi connectivity index (χ2n) is 9.32. The van der Waals surface area contributed by atoms with E-state index in [4.69, 9.17) is 9.47 Å². The molecule has 5 atom stereocenters. The predicted molar refractivity (Wildman–Crippen MR) is 118 cm³/mol. The summed E-state index contributed by atoms with van der Waals surface area (Å²) in [6, 6.07) is 9.90. The topological polar surface area (TPSA) is 108 Å². The first-order valence-corrected chi connectivity index (χ1v) is 11.8. The van der Waals surface area contributed by atoms with E-state index >= 15 is 0 Å². The van der Waals surface area contributed by atoms with E-state index < -0.39 is 23.8 Å². The summed E-state index contributed by atoms with van der Waals surface area (Å²) in [5, 5.41) is 9.32. The summed E-state index contributed by atoms with van der Waals surface area (Å²) in [4.78, 5) is 41.8. The van der Waals surface area contributed by atoms with Crippen LogP contribution in [0, 0.1) is 11.8 Å². The molecule has 9 nitrogen and oxygen atoms in total. The summed E-state index contributed by atoms with van der Waals surface area (Å²) in [6.07, 6.45) is 2.23. The number of rotatable bonds is 5. The van der Waals surface area contributed by atoms with E-state index in [0.29, 0.717) is 52.0 Å². The summed E-state index contributed by atoms with van der Waals surface area (Å²) in [5.41, 5.74) is 2.95. The predicted octanol–water partition coefficient (Wildman–Crippen LogP) is 2.15. The Morgan fingerprint density at radius 3 is 2.61 bits per heavy atom. The fourth-order valence-electron chi connectivity index (χ4n) is 5.34. The molecule has 3 aliphatic rings. The van der Waals surface area contributed by atoms with Crippen molar-refractivity contribution < 1.29 is 29.1 Å². The van der Waals surface area contributed by atoms with E-state index in [1.165, 1.54) is 10.5 Å². The Balaban J connectivity index is 1.39. The first kappa shape index (κ1) is 23.5. The van der Waals surface area contributed by atoms with Crippen molar-refractivity contribution in [2.45, 2.75) is 50.2 Å². The van der Waals surface area contributed by atoms with Gasteiger partial charge in [0.25, 0.3) is 0 Å². The van der Waals surface area contributed by atoms with Crippen LogP contribution in [0.5, 0.6) is 0 Å². The number of nitrogens with one attached hydrogen (secondary N) is 1. The highest BCUT2D eigenvalue weighted by molar-refractivity contribution is 5.87. The number of carbonyl (C=O) groups is 3. The highest BCUT2D eigenvalue weighted by Crippen LogP contribution is 2.36. The van der Waals surface area contributed by atoms with Crippen LogP contribution in [0.1, 0.15) is 43.6 Å². The molecule has 4 rings (SSSR count). The van der Waals surface area contributed by atoms with Gasteiger partial charge in [0.2, 0.25) is 11.8 Å². The zero-order valence-corrected chi connectivity index (χ0v) is 19.0. The molecule has 1 unspecified atom stereocenters. The van der Waals surface area contributed by atoms with Crippen LogP contribution in [0.4, 0.5) is 4.79 Å². The Bertz CT molecular complexity index is 844. The number of hydrogen-bond donors (Lipinski definition) is 2. The van der Waals surface area contributed by atoms with Crippen molar-refractivity contribution in [3.63, 3.8) is 0 Å². The third-order valence-electron chi connectivity index (χ3n) is 7.35. The fraction of sp³-hybridized carbons (Fsp3) is 0.625. The van der Waals surface area contributed by atoms with E-state index in [-0.39, 0.29) is 24.0 Å². The SMILES string of the molecule is CN(C(=O)O[C@H]1CCOC1)C1CC[C@H](C(=O)N2CC[C@H](c3ccccc3)C2)[C@@H](C(=O)NO)C1. The highest BCUT2D eigenvalue weighted by Gasteiger charge is 2.44. The summed E-state index contributed by atoms with van der Waals surface area (Å²) in [6.45, 7) is 2.26. The van der Waals surface area contributed by atoms with Crippen LogP contribution >= 0.6 is 0 Å². The van der Waals surface area contributed by atoms with Crippen molar-refractivity contribution in [3.8, 4) is 0 Å². The van der Waals surface area contributed by atoms with E-state index in [2.05, 4.69) is 12.1 Å². The maximum atomic E-state index is 13.4. The third kappa shape index (κ3) is 5.30. The Hall–Kier alpha value is -2.65. The molecular weight excluding hydrogens is 426 g/mol. The van der Waals surface area contributed by atoms with Gasteiger partial charge in [-0.05, 0) is 31.2 Å². The average Bonchev–Trinajstić information content (AvgIpc) is 3.55. The first-order chi connectivity index (χ1) is 16.0. The summed E-state index contributed by atoms with van der Waals surface area (Å²) in [7, 11) is 1.66. The number of amides is 3. The Kier molecular flexibility index (Phi) is 7.49. The highest BCUT2D eigenvalue weighted by atomic mass is 16.6. The van der Waals surface area contributed by atoms with Gasteiger partial charge in [-0.3, -0.25) is 14.8 Å². The molecule has 9 heteroatoms. The Morgan fingerprint density at radius 2 is 1.91 bits per heavy atom. The number of carbonyl (C=O) groups excluding carboxylic acids is 3. The molecule has 33 heavy (non-hydrogen) atoms. The molecular formula is C24H33N3O6. The van der Waals surface area contributed by atoms with Gasteiger partial charge in [-0.1, -0.05) is 30.3 Å². The van der Waals surface area contributed by atoms with Crippen LogP contribution in [0.15, 0.2) is 30.3 Å². The molecule has 1 aromatic carbocycles. The molecule has 2 saturated heterocycles. The molecule has 2 heterocycles. The number of ether oxygens (including phenoxy) is 2.